The number of nitrogens with one attached hydrogen (secondary N) is 1. The fourth-order valence-electron chi connectivity index (χ4n) is 3.68. The molecule has 2 unspecified atom stereocenters. The first-order valence-corrected chi connectivity index (χ1v) is 7.83. The predicted molar refractivity (Wildman–Crippen MR) is 71.5 cm³/mol. The Hall–Kier alpha value is -0.120. The summed E-state index contributed by atoms with van der Waals surface area (Å²) in [7, 11) is 0. The molecular formula is C15H27NO2. The van der Waals surface area contributed by atoms with Crippen LogP contribution in [0.1, 0.15) is 57.8 Å². The Kier molecular flexibility index (Phi) is 3.92. The van der Waals surface area contributed by atoms with Crippen LogP contribution in [-0.2, 0) is 4.74 Å². The molecule has 2 aliphatic carbocycles. The Morgan fingerprint density at radius 1 is 1.17 bits per heavy atom. The van der Waals surface area contributed by atoms with Crippen molar-refractivity contribution >= 4 is 0 Å². The number of hydrogen-bond donors (Lipinski definition) is 2. The molecule has 0 bridgehead atoms. The van der Waals surface area contributed by atoms with Crippen LogP contribution in [0, 0.1) is 5.92 Å². The highest BCUT2D eigenvalue weighted by Gasteiger charge is 2.40. The molecule has 1 heterocycles. The Balaban J connectivity index is 1.51. The van der Waals surface area contributed by atoms with Crippen LogP contribution in [0.25, 0.3) is 0 Å². The first-order valence-electron chi connectivity index (χ1n) is 7.83. The minimum Gasteiger partial charge on any atom is -0.392 e. The molecule has 1 aliphatic heterocycles. The fraction of sp³-hybridized carbons (Fsp3) is 1.00. The number of aliphatic hydroxyl groups is 1. The first kappa shape index (κ1) is 12.9. The second kappa shape index (κ2) is 5.48. The van der Waals surface area contributed by atoms with Crippen LogP contribution in [0.4, 0.5) is 0 Å². The zero-order valence-electron chi connectivity index (χ0n) is 11.4. The maximum absolute atomic E-state index is 10.3. The lowest BCUT2D eigenvalue weighted by atomic mass is 9.74. The van der Waals surface area contributed by atoms with Crippen molar-refractivity contribution in [2.75, 3.05) is 13.2 Å². The van der Waals surface area contributed by atoms with E-state index < -0.39 is 0 Å². The summed E-state index contributed by atoms with van der Waals surface area (Å²) < 4.78 is 6.09. The van der Waals surface area contributed by atoms with Crippen molar-refractivity contribution in [1.29, 1.82) is 0 Å². The molecule has 2 atom stereocenters. The summed E-state index contributed by atoms with van der Waals surface area (Å²) in [5, 5.41) is 13.8. The van der Waals surface area contributed by atoms with E-state index in [-0.39, 0.29) is 11.7 Å². The lowest BCUT2D eigenvalue weighted by molar-refractivity contribution is -0.133. The fourth-order valence-corrected chi connectivity index (χ4v) is 3.68. The third-order valence-corrected chi connectivity index (χ3v) is 5.03. The molecule has 3 nitrogen and oxygen atoms in total. The van der Waals surface area contributed by atoms with Gasteiger partial charge in [0.2, 0.25) is 0 Å². The SMILES string of the molecule is OC(CNC1CC1)C1CCOC2(CCCCC2)C1. The number of aliphatic hydroxyl groups excluding tert-OH is 1. The maximum Gasteiger partial charge on any atom is 0.0694 e. The molecule has 0 aromatic heterocycles. The van der Waals surface area contributed by atoms with E-state index in [1.54, 1.807) is 0 Å². The summed E-state index contributed by atoms with van der Waals surface area (Å²) in [5.74, 6) is 0.447. The van der Waals surface area contributed by atoms with E-state index in [9.17, 15) is 5.11 Å². The topological polar surface area (TPSA) is 41.5 Å². The highest BCUT2D eigenvalue weighted by molar-refractivity contribution is 4.92. The number of hydrogen-bond acceptors (Lipinski definition) is 3. The molecule has 0 radical (unpaired) electrons. The summed E-state index contributed by atoms with van der Waals surface area (Å²) in [6.07, 6.45) is 10.9. The van der Waals surface area contributed by atoms with Gasteiger partial charge < -0.3 is 15.2 Å². The molecule has 3 aliphatic rings. The van der Waals surface area contributed by atoms with E-state index in [1.807, 2.05) is 0 Å². The summed E-state index contributed by atoms with van der Waals surface area (Å²) in [4.78, 5) is 0. The second-order valence-electron chi connectivity index (χ2n) is 6.59. The van der Waals surface area contributed by atoms with Gasteiger partial charge in [-0.2, -0.15) is 0 Å². The maximum atomic E-state index is 10.3. The molecule has 0 amide bonds. The van der Waals surface area contributed by atoms with Gasteiger partial charge in [-0.25, -0.2) is 0 Å². The van der Waals surface area contributed by atoms with Crippen molar-refractivity contribution in [2.24, 2.45) is 5.92 Å². The van der Waals surface area contributed by atoms with Crippen LogP contribution in [0.5, 0.6) is 0 Å². The van der Waals surface area contributed by atoms with Gasteiger partial charge in [-0.15, -0.1) is 0 Å². The molecule has 3 rings (SSSR count). The average Bonchev–Trinajstić information content (AvgIpc) is 3.21. The van der Waals surface area contributed by atoms with Crippen molar-refractivity contribution < 1.29 is 9.84 Å². The largest absolute Gasteiger partial charge is 0.392 e. The van der Waals surface area contributed by atoms with Gasteiger partial charge in [0, 0.05) is 19.2 Å². The van der Waals surface area contributed by atoms with Gasteiger partial charge in [0.05, 0.1) is 11.7 Å². The van der Waals surface area contributed by atoms with Crippen LogP contribution < -0.4 is 5.32 Å². The lowest BCUT2D eigenvalue weighted by Gasteiger charge is -2.44. The Morgan fingerprint density at radius 2 is 1.94 bits per heavy atom. The average molecular weight is 253 g/mol. The first-order chi connectivity index (χ1) is 8.77. The zero-order chi connectivity index (χ0) is 12.4. The minimum absolute atomic E-state index is 0.127. The third kappa shape index (κ3) is 3.06. The molecular weight excluding hydrogens is 226 g/mol. The molecule has 0 aromatic carbocycles. The molecule has 3 fully saturated rings. The van der Waals surface area contributed by atoms with Gasteiger partial charge in [-0.3, -0.25) is 0 Å². The van der Waals surface area contributed by atoms with E-state index >= 15 is 0 Å². The second-order valence-corrected chi connectivity index (χ2v) is 6.59. The van der Waals surface area contributed by atoms with Crippen molar-refractivity contribution in [3.05, 3.63) is 0 Å². The minimum atomic E-state index is -0.173. The lowest BCUT2D eigenvalue weighted by Crippen LogP contribution is -2.46. The van der Waals surface area contributed by atoms with Crippen LogP contribution in [-0.4, -0.2) is 36.0 Å². The molecule has 3 heteroatoms. The van der Waals surface area contributed by atoms with Gasteiger partial charge in [-0.1, -0.05) is 19.3 Å². The summed E-state index contributed by atoms with van der Waals surface area (Å²) in [5.41, 5.74) is 0.127. The van der Waals surface area contributed by atoms with Crippen LogP contribution in [0.3, 0.4) is 0 Å². The van der Waals surface area contributed by atoms with Gasteiger partial charge >= 0.3 is 0 Å². The predicted octanol–water partition coefficient (Wildman–Crippen LogP) is 2.23. The van der Waals surface area contributed by atoms with E-state index in [4.69, 9.17) is 4.74 Å². The summed E-state index contributed by atoms with van der Waals surface area (Å²) in [6.45, 7) is 1.64. The van der Waals surface area contributed by atoms with Gasteiger partial charge in [0.1, 0.15) is 0 Å². The van der Waals surface area contributed by atoms with E-state index in [0.717, 1.165) is 26.0 Å². The monoisotopic (exact) mass is 253 g/mol. The molecule has 1 saturated heterocycles. The van der Waals surface area contributed by atoms with Gasteiger partial charge in [-0.05, 0) is 44.4 Å². The van der Waals surface area contributed by atoms with Crippen molar-refractivity contribution in [1.82, 2.24) is 5.32 Å². The Bertz CT molecular complexity index is 266. The molecule has 2 saturated carbocycles. The van der Waals surface area contributed by atoms with Gasteiger partial charge in [0.25, 0.3) is 0 Å². The quantitative estimate of drug-likeness (QED) is 0.807. The molecule has 104 valence electrons. The molecule has 0 aromatic rings. The van der Waals surface area contributed by atoms with Crippen LogP contribution in [0.15, 0.2) is 0 Å². The zero-order valence-corrected chi connectivity index (χ0v) is 11.4. The number of ether oxygens (including phenoxy) is 1. The van der Waals surface area contributed by atoms with Gasteiger partial charge in [0.15, 0.2) is 0 Å². The normalized spacial score (nSPS) is 33.5. The van der Waals surface area contributed by atoms with E-state index in [0.29, 0.717) is 12.0 Å². The molecule has 2 N–H and O–H groups in total. The van der Waals surface area contributed by atoms with E-state index in [2.05, 4.69) is 5.32 Å². The smallest absolute Gasteiger partial charge is 0.0694 e. The number of rotatable bonds is 4. The Morgan fingerprint density at radius 3 is 2.67 bits per heavy atom. The Labute approximate surface area is 110 Å². The highest BCUT2D eigenvalue weighted by atomic mass is 16.5. The van der Waals surface area contributed by atoms with Crippen LogP contribution in [0.2, 0.25) is 0 Å². The van der Waals surface area contributed by atoms with Crippen molar-refractivity contribution in [3.8, 4) is 0 Å². The standard InChI is InChI=1S/C15H27NO2/c17-14(11-16-13-4-5-13)12-6-9-18-15(10-12)7-2-1-3-8-15/h12-14,16-17H,1-11H2. The van der Waals surface area contributed by atoms with Crippen LogP contribution >= 0.6 is 0 Å². The summed E-state index contributed by atoms with van der Waals surface area (Å²) >= 11 is 0. The molecule has 1 spiro atoms. The highest BCUT2D eigenvalue weighted by Crippen LogP contribution is 2.41. The van der Waals surface area contributed by atoms with E-state index in [1.165, 1.54) is 44.9 Å². The van der Waals surface area contributed by atoms with Crippen molar-refractivity contribution in [3.63, 3.8) is 0 Å². The third-order valence-electron chi connectivity index (χ3n) is 5.03. The summed E-state index contributed by atoms with van der Waals surface area (Å²) in [6, 6.07) is 0.697. The molecule has 18 heavy (non-hydrogen) atoms. The van der Waals surface area contributed by atoms with Crippen molar-refractivity contribution in [2.45, 2.75) is 75.5 Å².